The number of carboxylic acids is 2. The second-order valence-electron chi connectivity index (χ2n) is 0.834. The average Bonchev–Trinajstić information content (AvgIpc) is 1.89. The molecule has 60 valence electrons. The van der Waals surface area contributed by atoms with Gasteiger partial charge in [-0.2, -0.15) is 10.5 Å². The van der Waals surface area contributed by atoms with Crippen LogP contribution in [0.3, 0.4) is 0 Å². The Kier molecular flexibility index (Phi) is 16.6. The molecule has 7 heteroatoms. The number of carboxylic acid groups (broad SMARTS) is 2. The van der Waals surface area contributed by atoms with Gasteiger partial charge in [-0.1, -0.05) is 0 Å². The van der Waals surface area contributed by atoms with Gasteiger partial charge in [-0.3, -0.25) is 0 Å². The monoisotopic (exact) mass is 198 g/mol. The molecule has 0 aromatic carbocycles. The fourth-order valence-electron chi connectivity index (χ4n) is 0. The maximum atomic E-state index is 9.01. The van der Waals surface area contributed by atoms with Crippen LogP contribution in [0.15, 0.2) is 0 Å². The van der Waals surface area contributed by atoms with E-state index in [1.54, 1.807) is 0 Å². The average molecular weight is 198 g/mol. The summed E-state index contributed by atoms with van der Waals surface area (Å²) in [5.41, 5.74) is 0. The molecule has 0 unspecified atom stereocenters. The largest absolute Gasteiger partial charge is 0.470 e. The van der Waals surface area contributed by atoms with Crippen LogP contribution in [-0.4, -0.2) is 22.2 Å². The molecule has 11 heavy (non-hydrogen) atoms. The quantitative estimate of drug-likeness (QED) is 0.298. The SMILES string of the molecule is N#CC(=O)O.N#CC(=O)O.[Fe]. The summed E-state index contributed by atoms with van der Waals surface area (Å²) in [7, 11) is 0. The number of aliphatic carboxylic acids is 2. The second-order valence-corrected chi connectivity index (χ2v) is 0.834. The predicted octanol–water partition coefficient (Wildman–Crippen LogP) is -0.813. The van der Waals surface area contributed by atoms with E-state index >= 15 is 0 Å². The molecule has 0 aromatic rings. The molecule has 6 nitrogen and oxygen atoms in total. The van der Waals surface area contributed by atoms with Gasteiger partial charge in [0.2, 0.25) is 0 Å². The first kappa shape index (κ1) is 16.2. The second kappa shape index (κ2) is 11.3. The van der Waals surface area contributed by atoms with Crippen LogP contribution < -0.4 is 0 Å². The number of rotatable bonds is 0. The standard InChI is InChI=1S/2C2HNO2.Fe/c2*3-1-2(4)5;/h2*(H,4,5);. The number of hydrogen-bond donors (Lipinski definition) is 2. The van der Waals surface area contributed by atoms with E-state index in [0.717, 1.165) is 12.1 Å². The third-order valence-electron chi connectivity index (χ3n) is 0.191. The van der Waals surface area contributed by atoms with Gasteiger partial charge in [0.25, 0.3) is 0 Å². The van der Waals surface area contributed by atoms with Crippen LogP contribution in [-0.2, 0) is 26.7 Å². The van der Waals surface area contributed by atoms with Gasteiger partial charge in [0.05, 0.1) is 0 Å². The first-order chi connectivity index (χ1) is 4.54. The molecule has 2 N–H and O–H groups in total. The van der Waals surface area contributed by atoms with Gasteiger partial charge in [0, 0.05) is 17.1 Å². The van der Waals surface area contributed by atoms with E-state index in [2.05, 4.69) is 0 Å². The Morgan fingerprint density at radius 2 is 1.09 bits per heavy atom. The predicted molar refractivity (Wildman–Crippen MR) is 26.5 cm³/mol. The van der Waals surface area contributed by atoms with Crippen LogP contribution in [0.4, 0.5) is 0 Å². The van der Waals surface area contributed by atoms with Crippen molar-refractivity contribution in [3.05, 3.63) is 0 Å². The van der Waals surface area contributed by atoms with Crippen molar-refractivity contribution >= 4 is 11.9 Å². The Bertz CT molecular complexity index is 189. The van der Waals surface area contributed by atoms with Crippen molar-refractivity contribution in [2.24, 2.45) is 0 Å². The van der Waals surface area contributed by atoms with E-state index in [9.17, 15) is 0 Å². The molecule has 0 bridgehead atoms. The van der Waals surface area contributed by atoms with Crippen LogP contribution in [0.5, 0.6) is 0 Å². The number of hydrogen-bond acceptors (Lipinski definition) is 4. The Labute approximate surface area is 72.1 Å². The molecule has 0 radical (unpaired) electrons. The zero-order chi connectivity index (χ0) is 8.57. The van der Waals surface area contributed by atoms with Gasteiger partial charge >= 0.3 is 11.9 Å². The molecule has 0 heterocycles. The van der Waals surface area contributed by atoms with Crippen LogP contribution in [0.1, 0.15) is 0 Å². The minimum absolute atomic E-state index is 0. The molecule has 0 aliphatic heterocycles. The smallest absolute Gasteiger partial charge is 0.408 e. The maximum absolute atomic E-state index is 9.01. The van der Waals surface area contributed by atoms with Gasteiger partial charge in [-0.25, -0.2) is 9.59 Å². The van der Waals surface area contributed by atoms with Gasteiger partial charge in [-0.05, 0) is 0 Å². The first-order valence-corrected chi connectivity index (χ1v) is 1.80. The molecule has 0 atom stereocenters. The molecule has 0 saturated heterocycles. The summed E-state index contributed by atoms with van der Waals surface area (Å²) < 4.78 is 0. The zero-order valence-electron chi connectivity index (χ0n) is 4.96. The molecule has 0 saturated carbocycles. The Morgan fingerprint density at radius 1 is 1.00 bits per heavy atom. The fourth-order valence-corrected chi connectivity index (χ4v) is 0. The number of carbonyl (C=O) groups is 2. The van der Waals surface area contributed by atoms with Gasteiger partial charge < -0.3 is 10.2 Å². The Hall–Kier alpha value is -1.56. The van der Waals surface area contributed by atoms with Crippen molar-refractivity contribution in [3.8, 4) is 12.1 Å². The molecular weight excluding hydrogens is 196 g/mol. The Morgan fingerprint density at radius 3 is 1.09 bits per heavy atom. The molecule has 0 rings (SSSR count). The van der Waals surface area contributed by atoms with Crippen molar-refractivity contribution in [1.29, 1.82) is 10.5 Å². The van der Waals surface area contributed by atoms with E-state index < -0.39 is 11.9 Å². The minimum Gasteiger partial charge on any atom is -0.470 e. The Balaban J connectivity index is -0.000000107. The molecule has 0 amide bonds. The van der Waals surface area contributed by atoms with Crippen LogP contribution in [0.25, 0.3) is 0 Å². The van der Waals surface area contributed by atoms with Gasteiger partial charge in [-0.15, -0.1) is 0 Å². The van der Waals surface area contributed by atoms with Crippen LogP contribution in [0, 0.1) is 22.7 Å². The van der Waals surface area contributed by atoms with Crippen LogP contribution >= 0.6 is 0 Å². The third-order valence-corrected chi connectivity index (χ3v) is 0.191. The topological polar surface area (TPSA) is 122 Å². The molecule has 0 fully saturated rings. The number of nitriles is 2. The summed E-state index contributed by atoms with van der Waals surface area (Å²) in [4.78, 5) is 18.0. The van der Waals surface area contributed by atoms with Crippen LogP contribution in [0.2, 0.25) is 0 Å². The van der Waals surface area contributed by atoms with E-state index in [-0.39, 0.29) is 17.1 Å². The van der Waals surface area contributed by atoms with E-state index in [1.807, 2.05) is 0 Å². The summed E-state index contributed by atoms with van der Waals surface area (Å²) in [6, 6.07) is 1.89. The number of nitrogens with zero attached hydrogens (tertiary/aromatic N) is 2. The van der Waals surface area contributed by atoms with Crippen molar-refractivity contribution in [3.63, 3.8) is 0 Å². The van der Waals surface area contributed by atoms with E-state index in [0.29, 0.717) is 0 Å². The molecule has 0 aromatic heterocycles. The normalized spacial score (nSPS) is 4.91. The fraction of sp³-hybridized carbons (Fsp3) is 0. The zero-order valence-corrected chi connectivity index (χ0v) is 6.06. The molecular formula is C4H2FeN2O4. The van der Waals surface area contributed by atoms with Crippen molar-refractivity contribution in [1.82, 2.24) is 0 Å². The summed E-state index contributed by atoms with van der Waals surface area (Å²) in [6.45, 7) is 0. The molecule has 0 aliphatic carbocycles. The van der Waals surface area contributed by atoms with Crippen molar-refractivity contribution < 1.29 is 36.9 Å². The molecule has 0 spiro atoms. The third kappa shape index (κ3) is 58.8. The summed E-state index contributed by atoms with van der Waals surface area (Å²) >= 11 is 0. The van der Waals surface area contributed by atoms with Gasteiger partial charge in [0.15, 0.2) is 12.1 Å². The molecule has 0 aliphatic rings. The summed E-state index contributed by atoms with van der Waals surface area (Å²) in [6.07, 6.45) is 0. The van der Waals surface area contributed by atoms with E-state index in [1.165, 1.54) is 0 Å². The minimum atomic E-state index is -1.44. The summed E-state index contributed by atoms with van der Waals surface area (Å²) in [5.74, 6) is -2.88. The maximum Gasteiger partial charge on any atom is 0.408 e. The van der Waals surface area contributed by atoms with Gasteiger partial charge in [0.1, 0.15) is 0 Å². The van der Waals surface area contributed by atoms with E-state index in [4.69, 9.17) is 30.3 Å². The first-order valence-electron chi connectivity index (χ1n) is 1.80. The van der Waals surface area contributed by atoms with Crippen molar-refractivity contribution in [2.75, 3.05) is 0 Å². The summed E-state index contributed by atoms with van der Waals surface area (Å²) in [5, 5.41) is 29.3. The van der Waals surface area contributed by atoms with Crippen molar-refractivity contribution in [2.45, 2.75) is 0 Å².